The maximum absolute atomic E-state index is 13.2. The molecule has 2 aromatic heterocycles. The van der Waals surface area contributed by atoms with Gasteiger partial charge in [0.1, 0.15) is 0 Å². The second kappa shape index (κ2) is 6.59. The minimum absolute atomic E-state index is 0.192. The van der Waals surface area contributed by atoms with Gasteiger partial charge in [-0.05, 0) is 37.4 Å². The van der Waals surface area contributed by atoms with Crippen molar-refractivity contribution in [2.45, 2.75) is 32.4 Å². The third-order valence-electron chi connectivity index (χ3n) is 5.52. The Bertz CT molecular complexity index is 743. The molecule has 4 heterocycles. The van der Waals surface area contributed by atoms with Crippen molar-refractivity contribution in [1.29, 1.82) is 0 Å². The number of rotatable bonds is 4. The van der Waals surface area contributed by atoms with E-state index in [0.717, 1.165) is 51.0 Å². The highest BCUT2D eigenvalue weighted by molar-refractivity contribution is 5.85. The molecule has 0 aromatic carbocycles. The lowest BCUT2D eigenvalue weighted by Crippen LogP contribution is -2.47. The number of piperidine rings is 1. The fourth-order valence-electron chi connectivity index (χ4n) is 4.31. The molecule has 0 unspecified atom stereocenters. The smallest absolute Gasteiger partial charge is 0.230 e. The van der Waals surface area contributed by atoms with Crippen molar-refractivity contribution in [1.82, 2.24) is 24.6 Å². The molecule has 2 saturated heterocycles. The molecule has 1 spiro atoms. The summed E-state index contributed by atoms with van der Waals surface area (Å²) in [4.78, 5) is 21.8. The Kier molecular flexibility index (Phi) is 4.29. The van der Waals surface area contributed by atoms with Crippen LogP contribution in [0.3, 0.4) is 0 Å². The summed E-state index contributed by atoms with van der Waals surface area (Å²) in [6, 6.07) is 3.97. The first-order chi connectivity index (χ1) is 12.1. The SMILES string of the molecule is Cn1cc(CN2CCC[C@]3(CCN(Cc4cccnc4)C3=O)C2)cn1. The van der Waals surface area contributed by atoms with Crippen LogP contribution in [0.5, 0.6) is 0 Å². The van der Waals surface area contributed by atoms with Crippen LogP contribution in [0.4, 0.5) is 0 Å². The van der Waals surface area contributed by atoms with Crippen molar-refractivity contribution in [2.75, 3.05) is 19.6 Å². The molecule has 6 heteroatoms. The van der Waals surface area contributed by atoms with Gasteiger partial charge in [0.25, 0.3) is 0 Å². The Morgan fingerprint density at radius 2 is 2.08 bits per heavy atom. The van der Waals surface area contributed by atoms with Crippen LogP contribution in [0, 0.1) is 5.41 Å². The van der Waals surface area contributed by atoms with Crippen LogP contribution in [-0.2, 0) is 24.9 Å². The molecule has 2 aliphatic rings. The fourth-order valence-corrected chi connectivity index (χ4v) is 4.31. The molecule has 132 valence electrons. The third kappa shape index (κ3) is 3.31. The molecule has 0 bridgehead atoms. The molecule has 0 N–H and O–H groups in total. The van der Waals surface area contributed by atoms with Crippen LogP contribution in [0.2, 0.25) is 0 Å². The third-order valence-corrected chi connectivity index (χ3v) is 5.52. The number of likely N-dealkylation sites (tertiary alicyclic amines) is 2. The molecule has 0 radical (unpaired) electrons. The number of aryl methyl sites for hydroxylation is 1. The predicted molar refractivity (Wildman–Crippen MR) is 94.4 cm³/mol. The average Bonchev–Trinajstić information content (AvgIpc) is 3.15. The van der Waals surface area contributed by atoms with Crippen LogP contribution in [-0.4, -0.2) is 50.1 Å². The number of carbonyl (C=O) groups is 1. The second-order valence-electron chi connectivity index (χ2n) is 7.45. The Morgan fingerprint density at radius 3 is 2.84 bits per heavy atom. The Hall–Kier alpha value is -2.21. The van der Waals surface area contributed by atoms with Crippen LogP contribution in [0.25, 0.3) is 0 Å². The largest absolute Gasteiger partial charge is 0.338 e. The monoisotopic (exact) mass is 339 g/mol. The summed E-state index contributed by atoms with van der Waals surface area (Å²) in [5.41, 5.74) is 2.14. The van der Waals surface area contributed by atoms with Gasteiger partial charge in [-0.2, -0.15) is 5.10 Å². The molecular weight excluding hydrogens is 314 g/mol. The fraction of sp³-hybridized carbons (Fsp3) is 0.526. The molecule has 6 nitrogen and oxygen atoms in total. The minimum Gasteiger partial charge on any atom is -0.338 e. The zero-order valence-electron chi connectivity index (χ0n) is 14.8. The number of hydrogen-bond donors (Lipinski definition) is 0. The van der Waals surface area contributed by atoms with Crippen LogP contribution >= 0.6 is 0 Å². The normalized spacial score (nSPS) is 24.4. The van der Waals surface area contributed by atoms with E-state index < -0.39 is 0 Å². The van der Waals surface area contributed by atoms with Crippen LogP contribution in [0.15, 0.2) is 36.9 Å². The summed E-state index contributed by atoms with van der Waals surface area (Å²) in [7, 11) is 1.94. The van der Waals surface area contributed by atoms with E-state index in [1.807, 2.05) is 41.2 Å². The Morgan fingerprint density at radius 1 is 1.16 bits per heavy atom. The molecule has 2 fully saturated rings. The van der Waals surface area contributed by atoms with Crippen molar-refractivity contribution in [3.63, 3.8) is 0 Å². The van der Waals surface area contributed by atoms with Gasteiger partial charge < -0.3 is 4.90 Å². The van der Waals surface area contributed by atoms with E-state index in [-0.39, 0.29) is 5.41 Å². The van der Waals surface area contributed by atoms with E-state index in [1.54, 1.807) is 6.20 Å². The van der Waals surface area contributed by atoms with Gasteiger partial charge in [0.05, 0.1) is 11.6 Å². The number of aromatic nitrogens is 3. The van der Waals surface area contributed by atoms with Crippen molar-refractivity contribution >= 4 is 5.91 Å². The molecule has 0 aliphatic carbocycles. The number of nitrogens with zero attached hydrogens (tertiary/aromatic N) is 5. The minimum atomic E-state index is -0.192. The molecule has 0 saturated carbocycles. The van der Waals surface area contributed by atoms with Gasteiger partial charge in [0.2, 0.25) is 5.91 Å². The highest BCUT2D eigenvalue weighted by Crippen LogP contribution is 2.40. The Balaban J connectivity index is 1.43. The van der Waals surface area contributed by atoms with Crippen LogP contribution < -0.4 is 0 Å². The molecule has 1 amide bonds. The standard InChI is InChI=1S/C19H25N5O/c1-22-12-17(11-21-22)13-23-8-3-5-19(15-23)6-9-24(18(19)25)14-16-4-2-7-20-10-16/h2,4,7,10-12H,3,5-6,8-9,13-15H2,1H3/t19-/m0/s1. The molecule has 4 rings (SSSR count). The Labute approximate surface area is 148 Å². The summed E-state index contributed by atoms with van der Waals surface area (Å²) in [5, 5.41) is 4.25. The second-order valence-corrected chi connectivity index (χ2v) is 7.45. The first-order valence-electron chi connectivity index (χ1n) is 9.03. The van der Waals surface area contributed by atoms with Gasteiger partial charge in [-0.25, -0.2) is 0 Å². The molecular formula is C19H25N5O. The number of pyridine rings is 1. The topological polar surface area (TPSA) is 54.3 Å². The van der Waals surface area contributed by atoms with Gasteiger partial charge in [0.15, 0.2) is 0 Å². The van der Waals surface area contributed by atoms with Crippen molar-refractivity contribution in [3.05, 3.63) is 48.0 Å². The van der Waals surface area contributed by atoms with E-state index in [0.29, 0.717) is 12.5 Å². The number of amides is 1. The van der Waals surface area contributed by atoms with E-state index in [1.165, 1.54) is 5.56 Å². The van der Waals surface area contributed by atoms with Gasteiger partial charge >= 0.3 is 0 Å². The molecule has 25 heavy (non-hydrogen) atoms. The van der Waals surface area contributed by atoms with Crippen molar-refractivity contribution in [3.8, 4) is 0 Å². The zero-order valence-corrected chi connectivity index (χ0v) is 14.8. The molecule has 1 atom stereocenters. The first kappa shape index (κ1) is 16.3. The molecule has 2 aliphatic heterocycles. The molecule has 2 aromatic rings. The lowest BCUT2D eigenvalue weighted by atomic mass is 9.78. The summed E-state index contributed by atoms with van der Waals surface area (Å²) < 4.78 is 1.84. The van der Waals surface area contributed by atoms with Crippen LogP contribution in [0.1, 0.15) is 30.4 Å². The van der Waals surface area contributed by atoms with Gasteiger partial charge in [-0.1, -0.05) is 6.07 Å². The summed E-state index contributed by atoms with van der Waals surface area (Å²) in [5.74, 6) is 0.326. The lowest BCUT2D eigenvalue weighted by Gasteiger charge is -2.39. The zero-order chi connectivity index (χ0) is 17.3. The number of hydrogen-bond acceptors (Lipinski definition) is 4. The van der Waals surface area contributed by atoms with E-state index in [2.05, 4.69) is 21.2 Å². The van der Waals surface area contributed by atoms with Crippen molar-refractivity contribution < 1.29 is 4.79 Å². The lowest BCUT2D eigenvalue weighted by molar-refractivity contribution is -0.139. The quantitative estimate of drug-likeness (QED) is 0.853. The van der Waals surface area contributed by atoms with E-state index in [9.17, 15) is 4.79 Å². The summed E-state index contributed by atoms with van der Waals surface area (Å²) >= 11 is 0. The van der Waals surface area contributed by atoms with E-state index >= 15 is 0 Å². The summed E-state index contributed by atoms with van der Waals surface area (Å²) in [6.07, 6.45) is 10.7. The highest BCUT2D eigenvalue weighted by Gasteiger charge is 2.48. The average molecular weight is 339 g/mol. The van der Waals surface area contributed by atoms with Gasteiger partial charge in [-0.3, -0.25) is 19.4 Å². The van der Waals surface area contributed by atoms with Crippen molar-refractivity contribution in [2.24, 2.45) is 12.5 Å². The first-order valence-corrected chi connectivity index (χ1v) is 9.03. The van der Waals surface area contributed by atoms with Gasteiger partial charge in [-0.15, -0.1) is 0 Å². The summed E-state index contributed by atoms with van der Waals surface area (Å²) in [6.45, 7) is 4.34. The highest BCUT2D eigenvalue weighted by atomic mass is 16.2. The van der Waals surface area contributed by atoms with Gasteiger partial charge in [0, 0.05) is 57.4 Å². The van der Waals surface area contributed by atoms with E-state index in [4.69, 9.17) is 0 Å². The number of carbonyl (C=O) groups excluding carboxylic acids is 1. The predicted octanol–water partition coefficient (Wildman–Crippen LogP) is 1.83. The maximum Gasteiger partial charge on any atom is 0.230 e. The maximum atomic E-state index is 13.2.